The second kappa shape index (κ2) is 7.48. The molecule has 0 atom stereocenters. The molecule has 7 heteroatoms. The molecule has 1 saturated carbocycles. The number of hydrogen-bond acceptors (Lipinski definition) is 5. The molecule has 2 heterocycles. The van der Waals surface area contributed by atoms with Gasteiger partial charge in [0.05, 0.1) is 6.54 Å². The van der Waals surface area contributed by atoms with Crippen LogP contribution in [-0.2, 0) is 16.1 Å². The molecule has 2 aromatic carbocycles. The van der Waals surface area contributed by atoms with Gasteiger partial charge in [-0.25, -0.2) is 5.01 Å². The largest absolute Gasteiger partial charge is 0.448 e. The molecule has 154 valence electrons. The predicted molar refractivity (Wildman–Crippen MR) is 111 cm³/mol. The zero-order chi connectivity index (χ0) is 20.6. The molecule has 0 bridgehead atoms. The van der Waals surface area contributed by atoms with Gasteiger partial charge >= 0.3 is 0 Å². The maximum Gasteiger partial charge on any atom is 0.271 e. The van der Waals surface area contributed by atoms with E-state index in [0.29, 0.717) is 35.9 Å². The quantitative estimate of drug-likeness (QED) is 0.838. The molecular formula is C23H23N3O4. The van der Waals surface area contributed by atoms with Crippen molar-refractivity contribution in [3.63, 3.8) is 0 Å². The Hall–Kier alpha value is -3.35. The van der Waals surface area contributed by atoms with Gasteiger partial charge in [0.2, 0.25) is 5.91 Å². The average Bonchev–Trinajstić information content (AvgIpc) is 3.35. The standard InChI is InChI=1S/C23H23N3O4/c27-21-11-9-18(25-26(21)15-16-6-2-1-3-7-16)22(28)24-17-8-10-19-20(14-17)30-23(29-19)12-4-5-13-23/h1-3,6-8,10,14H,4-5,9,11-13,15H2,(H,24,28). The summed E-state index contributed by atoms with van der Waals surface area (Å²) in [7, 11) is 0. The normalized spacial score (nSPS) is 19.1. The summed E-state index contributed by atoms with van der Waals surface area (Å²) in [5, 5.41) is 8.57. The van der Waals surface area contributed by atoms with E-state index >= 15 is 0 Å². The molecule has 1 spiro atoms. The number of ether oxygens (including phenoxy) is 2. The van der Waals surface area contributed by atoms with Crippen LogP contribution >= 0.6 is 0 Å². The zero-order valence-electron chi connectivity index (χ0n) is 16.6. The third kappa shape index (κ3) is 3.63. The van der Waals surface area contributed by atoms with E-state index in [1.807, 2.05) is 36.4 Å². The van der Waals surface area contributed by atoms with E-state index in [1.165, 1.54) is 5.01 Å². The van der Waals surface area contributed by atoms with E-state index < -0.39 is 5.79 Å². The summed E-state index contributed by atoms with van der Waals surface area (Å²) in [5.41, 5.74) is 1.93. The lowest BCUT2D eigenvalue weighted by Crippen LogP contribution is -2.36. The van der Waals surface area contributed by atoms with Crippen LogP contribution in [0, 0.1) is 0 Å². The second-order valence-electron chi connectivity index (χ2n) is 7.92. The maximum atomic E-state index is 12.8. The number of amides is 2. The molecule has 1 N–H and O–H groups in total. The molecule has 2 aromatic rings. The lowest BCUT2D eigenvalue weighted by atomic mass is 10.1. The summed E-state index contributed by atoms with van der Waals surface area (Å²) in [6, 6.07) is 15.0. The van der Waals surface area contributed by atoms with Gasteiger partial charge in [0.1, 0.15) is 5.71 Å². The number of fused-ring (bicyclic) bond motifs is 1. The van der Waals surface area contributed by atoms with Crippen LogP contribution in [0.1, 0.15) is 44.1 Å². The van der Waals surface area contributed by atoms with Crippen LogP contribution in [0.2, 0.25) is 0 Å². The molecular weight excluding hydrogens is 382 g/mol. The Morgan fingerprint density at radius 3 is 2.60 bits per heavy atom. The molecule has 2 aliphatic heterocycles. The van der Waals surface area contributed by atoms with Gasteiger partial charge in [-0.1, -0.05) is 30.3 Å². The summed E-state index contributed by atoms with van der Waals surface area (Å²) in [6.07, 6.45) is 4.54. The fraction of sp³-hybridized carbons (Fsp3) is 0.348. The van der Waals surface area contributed by atoms with Gasteiger partial charge in [-0.15, -0.1) is 0 Å². The Morgan fingerprint density at radius 2 is 1.80 bits per heavy atom. The lowest BCUT2D eigenvalue weighted by Gasteiger charge is -2.23. The first kappa shape index (κ1) is 18.7. The van der Waals surface area contributed by atoms with Crippen LogP contribution in [0.5, 0.6) is 11.5 Å². The van der Waals surface area contributed by atoms with Crippen molar-refractivity contribution in [2.45, 2.75) is 50.9 Å². The van der Waals surface area contributed by atoms with Crippen molar-refractivity contribution in [1.82, 2.24) is 5.01 Å². The van der Waals surface area contributed by atoms with E-state index in [1.54, 1.807) is 12.1 Å². The molecule has 3 aliphatic rings. The van der Waals surface area contributed by atoms with Crippen molar-refractivity contribution < 1.29 is 19.1 Å². The molecule has 2 amide bonds. The number of nitrogens with zero attached hydrogens (tertiary/aromatic N) is 2. The Balaban J connectivity index is 1.28. The summed E-state index contributed by atoms with van der Waals surface area (Å²) < 4.78 is 12.1. The number of benzene rings is 2. The Morgan fingerprint density at radius 1 is 1.03 bits per heavy atom. The van der Waals surface area contributed by atoms with Gasteiger partial charge in [0.15, 0.2) is 11.5 Å². The van der Waals surface area contributed by atoms with E-state index in [0.717, 1.165) is 31.2 Å². The van der Waals surface area contributed by atoms with Crippen molar-refractivity contribution >= 4 is 23.2 Å². The Labute approximate surface area is 174 Å². The lowest BCUT2D eigenvalue weighted by molar-refractivity contribution is -0.132. The summed E-state index contributed by atoms with van der Waals surface area (Å²) in [6.45, 7) is 0.350. The van der Waals surface area contributed by atoms with E-state index in [-0.39, 0.29) is 18.2 Å². The number of rotatable bonds is 4. The van der Waals surface area contributed by atoms with Gasteiger partial charge in [-0.3, -0.25) is 9.59 Å². The molecule has 1 aliphatic carbocycles. The van der Waals surface area contributed by atoms with Gasteiger partial charge in [-0.05, 0) is 30.5 Å². The minimum atomic E-state index is -0.531. The molecule has 5 rings (SSSR count). The minimum absolute atomic E-state index is 0.0830. The van der Waals surface area contributed by atoms with E-state index in [4.69, 9.17) is 9.47 Å². The van der Waals surface area contributed by atoms with Crippen LogP contribution in [-0.4, -0.2) is 28.3 Å². The number of nitrogens with one attached hydrogen (secondary N) is 1. The molecule has 7 nitrogen and oxygen atoms in total. The zero-order valence-corrected chi connectivity index (χ0v) is 16.6. The molecule has 0 unspecified atom stereocenters. The first-order valence-corrected chi connectivity index (χ1v) is 10.4. The number of carbonyl (C=O) groups is 2. The van der Waals surface area contributed by atoms with Gasteiger partial charge < -0.3 is 14.8 Å². The molecule has 0 aromatic heterocycles. The maximum absolute atomic E-state index is 12.8. The van der Waals surface area contributed by atoms with Crippen LogP contribution in [0.25, 0.3) is 0 Å². The van der Waals surface area contributed by atoms with E-state index in [2.05, 4.69) is 10.4 Å². The van der Waals surface area contributed by atoms with Crippen LogP contribution in [0.15, 0.2) is 53.6 Å². The van der Waals surface area contributed by atoms with Crippen molar-refractivity contribution in [3.05, 3.63) is 54.1 Å². The van der Waals surface area contributed by atoms with Crippen molar-refractivity contribution in [2.24, 2.45) is 5.10 Å². The highest BCUT2D eigenvalue weighted by Gasteiger charge is 2.44. The predicted octanol–water partition coefficient (Wildman–Crippen LogP) is 3.85. The number of anilines is 1. The smallest absolute Gasteiger partial charge is 0.271 e. The first-order valence-electron chi connectivity index (χ1n) is 10.4. The second-order valence-corrected chi connectivity index (χ2v) is 7.92. The highest BCUT2D eigenvalue weighted by atomic mass is 16.7. The highest BCUT2D eigenvalue weighted by Crippen LogP contribution is 2.47. The highest BCUT2D eigenvalue weighted by molar-refractivity contribution is 6.43. The third-order valence-electron chi connectivity index (χ3n) is 5.70. The van der Waals surface area contributed by atoms with Gasteiger partial charge in [-0.2, -0.15) is 5.10 Å². The summed E-state index contributed by atoms with van der Waals surface area (Å²) in [4.78, 5) is 25.0. The number of hydrazone groups is 1. The van der Waals surface area contributed by atoms with Gasteiger partial charge in [0, 0.05) is 37.4 Å². The SMILES string of the molecule is O=C(Nc1ccc2c(c1)OC1(CCCC1)O2)C1=NN(Cc2ccccc2)C(=O)CC1. The Bertz CT molecular complexity index is 1010. The van der Waals surface area contributed by atoms with Gasteiger partial charge in [0.25, 0.3) is 11.7 Å². The molecule has 1 fully saturated rings. The number of carbonyl (C=O) groups excluding carboxylic acids is 2. The first-order chi connectivity index (χ1) is 14.6. The van der Waals surface area contributed by atoms with Crippen LogP contribution < -0.4 is 14.8 Å². The summed E-state index contributed by atoms with van der Waals surface area (Å²) in [5.74, 6) is 0.442. The molecule has 30 heavy (non-hydrogen) atoms. The molecule has 0 radical (unpaired) electrons. The van der Waals surface area contributed by atoms with Crippen molar-refractivity contribution in [1.29, 1.82) is 0 Å². The average molecular weight is 405 g/mol. The fourth-order valence-electron chi connectivity index (χ4n) is 4.14. The Kier molecular flexibility index (Phi) is 4.65. The van der Waals surface area contributed by atoms with Crippen LogP contribution in [0.4, 0.5) is 5.69 Å². The van der Waals surface area contributed by atoms with Crippen LogP contribution in [0.3, 0.4) is 0 Å². The van der Waals surface area contributed by atoms with Crippen molar-refractivity contribution in [3.8, 4) is 11.5 Å². The monoisotopic (exact) mass is 405 g/mol. The topological polar surface area (TPSA) is 80.2 Å². The molecule has 0 saturated heterocycles. The minimum Gasteiger partial charge on any atom is -0.448 e. The third-order valence-corrected chi connectivity index (χ3v) is 5.70. The number of hydrogen-bond donors (Lipinski definition) is 1. The summed E-state index contributed by atoms with van der Waals surface area (Å²) >= 11 is 0. The van der Waals surface area contributed by atoms with Crippen molar-refractivity contribution in [2.75, 3.05) is 5.32 Å². The van der Waals surface area contributed by atoms with E-state index in [9.17, 15) is 9.59 Å². The fourth-order valence-corrected chi connectivity index (χ4v) is 4.14.